The third kappa shape index (κ3) is 2.34. The highest BCUT2D eigenvalue weighted by Gasteiger charge is 2.25. The summed E-state index contributed by atoms with van der Waals surface area (Å²) in [5.41, 5.74) is 1.21. The maximum absolute atomic E-state index is 11.7. The number of carbonyl (C=O) groups excluding carboxylic acids is 1. The first-order chi connectivity index (χ1) is 9.25. The molecule has 0 aromatic heterocycles. The Labute approximate surface area is 113 Å². The molecule has 2 aromatic carbocycles. The van der Waals surface area contributed by atoms with Gasteiger partial charge in [-0.25, -0.2) is 0 Å². The summed E-state index contributed by atoms with van der Waals surface area (Å²) in [6, 6.07) is 14.9. The molecule has 3 heteroatoms. The molecular formula is C16H18N2O. The van der Waals surface area contributed by atoms with Crippen LogP contribution in [-0.2, 0) is 4.79 Å². The summed E-state index contributed by atoms with van der Waals surface area (Å²) in [5.74, 6) is 0.152. The van der Waals surface area contributed by atoms with Crippen molar-refractivity contribution in [2.45, 2.75) is 13.0 Å². The van der Waals surface area contributed by atoms with E-state index < -0.39 is 0 Å². The van der Waals surface area contributed by atoms with Crippen LogP contribution in [0.2, 0.25) is 0 Å². The lowest BCUT2D eigenvalue weighted by molar-refractivity contribution is -0.132. The second-order valence-electron chi connectivity index (χ2n) is 5.04. The highest BCUT2D eigenvalue weighted by atomic mass is 16.2. The summed E-state index contributed by atoms with van der Waals surface area (Å²) in [6.07, 6.45) is 0. The molecule has 98 valence electrons. The van der Waals surface area contributed by atoms with Crippen LogP contribution in [0.25, 0.3) is 10.8 Å². The van der Waals surface area contributed by atoms with Crippen molar-refractivity contribution < 1.29 is 4.79 Å². The van der Waals surface area contributed by atoms with Crippen LogP contribution in [0.5, 0.6) is 0 Å². The van der Waals surface area contributed by atoms with Gasteiger partial charge in [0.1, 0.15) is 0 Å². The van der Waals surface area contributed by atoms with Crippen molar-refractivity contribution in [2.75, 3.05) is 19.6 Å². The van der Waals surface area contributed by atoms with Crippen LogP contribution < -0.4 is 5.32 Å². The van der Waals surface area contributed by atoms with Gasteiger partial charge in [-0.15, -0.1) is 0 Å². The number of nitrogens with zero attached hydrogens (tertiary/aromatic N) is 1. The van der Waals surface area contributed by atoms with Gasteiger partial charge < -0.3 is 10.2 Å². The van der Waals surface area contributed by atoms with E-state index in [2.05, 4.69) is 35.6 Å². The molecule has 3 rings (SSSR count). The molecule has 19 heavy (non-hydrogen) atoms. The molecule has 1 saturated heterocycles. The molecule has 1 fully saturated rings. The first kappa shape index (κ1) is 12.2. The highest BCUT2D eigenvalue weighted by molar-refractivity contribution is 5.83. The van der Waals surface area contributed by atoms with E-state index in [1.807, 2.05) is 17.0 Å². The Morgan fingerprint density at radius 3 is 2.79 bits per heavy atom. The van der Waals surface area contributed by atoms with Gasteiger partial charge in [-0.1, -0.05) is 36.4 Å². The molecule has 0 bridgehead atoms. The Morgan fingerprint density at radius 2 is 2.00 bits per heavy atom. The molecule has 0 saturated carbocycles. The minimum atomic E-state index is 0.149. The van der Waals surface area contributed by atoms with E-state index in [0.29, 0.717) is 0 Å². The number of carbonyl (C=O) groups is 1. The molecular weight excluding hydrogens is 236 g/mol. The van der Waals surface area contributed by atoms with Crippen LogP contribution in [0.1, 0.15) is 18.5 Å². The van der Waals surface area contributed by atoms with E-state index in [1.54, 1.807) is 6.92 Å². The first-order valence-electron chi connectivity index (χ1n) is 6.72. The third-order valence-corrected chi connectivity index (χ3v) is 3.81. The zero-order valence-electron chi connectivity index (χ0n) is 11.1. The predicted octanol–water partition coefficient (Wildman–Crippen LogP) is 2.33. The van der Waals surface area contributed by atoms with Crippen molar-refractivity contribution >= 4 is 16.7 Å². The van der Waals surface area contributed by atoms with Gasteiger partial charge in [0.2, 0.25) is 5.91 Å². The number of hydrogen-bond acceptors (Lipinski definition) is 2. The van der Waals surface area contributed by atoms with Crippen LogP contribution in [0, 0.1) is 0 Å². The Hall–Kier alpha value is -1.87. The van der Waals surface area contributed by atoms with E-state index in [-0.39, 0.29) is 11.9 Å². The number of fused-ring (bicyclic) bond motifs is 1. The maximum Gasteiger partial charge on any atom is 0.220 e. The minimum Gasteiger partial charge on any atom is -0.333 e. The van der Waals surface area contributed by atoms with Crippen LogP contribution in [-0.4, -0.2) is 30.4 Å². The molecule has 0 aliphatic carbocycles. The Kier molecular flexibility index (Phi) is 3.22. The number of hydrogen-bond donors (Lipinski definition) is 1. The number of amides is 1. The molecule has 1 aliphatic rings. The Bertz CT molecular complexity index is 608. The monoisotopic (exact) mass is 254 g/mol. The summed E-state index contributed by atoms with van der Waals surface area (Å²) < 4.78 is 0. The second kappa shape index (κ2) is 5.02. The normalized spacial score (nSPS) is 19.6. The van der Waals surface area contributed by atoms with Crippen molar-refractivity contribution in [3.8, 4) is 0 Å². The maximum atomic E-state index is 11.7. The SMILES string of the molecule is CC(=O)N1CCNCC1c1ccc2ccccc2c1. The lowest BCUT2D eigenvalue weighted by Crippen LogP contribution is -2.47. The average Bonchev–Trinajstić information content (AvgIpc) is 2.46. The average molecular weight is 254 g/mol. The molecule has 1 heterocycles. The quantitative estimate of drug-likeness (QED) is 0.847. The fraction of sp³-hybridized carbons (Fsp3) is 0.312. The summed E-state index contributed by atoms with van der Waals surface area (Å²) >= 11 is 0. The van der Waals surface area contributed by atoms with Crippen LogP contribution in [0.3, 0.4) is 0 Å². The summed E-state index contributed by atoms with van der Waals surface area (Å²) in [6.45, 7) is 4.15. The van der Waals surface area contributed by atoms with Crippen molar-refractivity contribution in [3.63, 3.8) is 0 Å². The standard InChI is InChI=1S/C16H18N2O/c1-12(19)18-9-8-17-11-16(18)15-7-6-13-4-2-3-5-14(13)10-15/h2-7,10,16-17H,8-9,11H2,1H3. The van der Waals surface area contributed by atoms with Gasteiger partial charge >= 0.3 is 0 Å². The van der Waals surface area contributed by atoms with E-state index in [9.17, 15) is 4.79 Å². The lowest BCUT2D eigenvalue weighted by Gasteiger charge is -2.36. The zero-order chi connectivity index (χ0) is 13.2. The van der Waals surface area contributed by atoms with E-state index in [4.69, 9.17) is 0 Å². The van der Waals surface area contributed by atoms with Gasteiger partial charge in [0.15, 0.2) is 0 Å². The van der Waals surface area contributed by atoms with Gasteiger partial charge in [-0.3, -0.25) is 4.79 Å². The fourth-order valence-corrected chi connectivity index (χ4v) is 2.79. The molecule has 2 aromatic rings. The number of nitrogens with one attached hydrogen (secondary N) is 1. The van der Waals surface area contributed by atoms with Crippen LogP contribution in [0.15, 0.2) is 42.5 Å². The van der Waals surface area contributed by atoms with Crippen LogP contribution >= 0.6 is 0 Å². The largest absolute Gasteiger partial charge is 0.333 e. The first-order valence-corrected chi connectivity index (χ1v) is 6.72. The lowest BCUT2D eigenvalue weighted by atomic mass is 9.99. The molecule has 0 spiro atoms. The smallest absolute Gasteiger partial charge is 0.220 e. The molecule has 1 amide bonds. The van der Waals surface area contributed by atoms with Crippen molar-refractivity contribution in [2.24, 2.45) is 0 Å². The number of rotatable bonds is 1. The van der Waals surface area contributed by atoms with Gasteiger partial charge in [0.05, 0.1) is 6.04 Å². The molecule has 0 radical (unpaired) electrons. The molecule has 1 atom stereocenters. The van der Waals surface area contributed by atoms with E-state index >= 15 is 0 Å². The minimum absolute atomic E-state index is 0.149. The Balaban J connectivity index is 1.99. The highest BCUT2D eigenvalue weighted by Crippen LogP contribution is 2.25. The van der Waals surface area contributed by atoms with Gasteiger partial charge in [-0.05, 0) is 22.4 Å². The topological polar surface area (TPSA) is 32.3 Å². The molecule has 1 N–H and O–H groups in total. The summed E-state index contributed by atoms with van der Waals surface area (Å²) in [7, 11) is 0. The number of piperazine rings is 1. The Morgan fingerprint density at radius 1 is 1.21 bits per heavy atom. The zero-order valence-corrected chi connectivity index (χ0v) is 11.1. The molecule has 3 nitrogen and oxygen atoms in total. The molecule has 1 unspecified atom stereocenters. The van der Waals surface area contributed by atoms with Crippen molar-refractivity contribution in [1.82, 2.24) is 10.2 Å². The summed E-state index contributed by atoms with van der Waals surface area (Å²) in [5, 5.41) is 5.84. The van der Waals surface area contributed by atoms with Crippen LogP contribution in [0.4, 0.5) is 0 Å². The number of benzene rings is 2. The van der Waals surface area contributed by atoms with E-state index in [1.165, 1.54) is 16.3 Å². The van der Waals surface area contributed by atoms with Crippen molar-refractivity contribution in [1.29, 1.82) is 0 Å². The van der Waals surface area contributed by atoms with Gasteiger partial charge in [0, 0.05) is 26.6 Å². The van der Waals surface area contributed by atoms with Gasteiger partial charge in [-0.2, -0.15) is 0 Å². The van der Waals surface area contributed by atoms with E-state index in [0.717, 1.165) is 19.6 Å². The van der Waals surface area contributed by atoms with Gasteiger partial charge in [0.25, 0.3) is 0 Å². The predicted molar refractivity (Wildman–Crippen MR) is 76.9 cm³/mol. The van der Waals surface area contributed by atoms with Crippen molar-refractivity contribution in [3.05, 3.63) is 48.0 Å². The second-order valence-corrected chi connectivity index (χ2v) is 5.04. The fourth-order valence-electron chi connectivity index (χ4n) is 2.79. The molecule has 1 aliphatic heterocycles. The summed E-state index contributed by atoms with van der Waals surface area (Å²) in [4.78, 5) is 13.7. The third-order valence-electron chi connectivity index (χ3n) is 3.81.